The van der Waals surface area contributed by atoms with Crippen LogP contribution in [0.25, 0.3) is 0 Å². The summed E-state index contributed by atoms with van der Waals surface area (Å²) in [6.07, 6.45) is 2.25. The Morgan fingerprint density at radius 2 is 2.60 bits per heavy atom. The van der Waals surface area contributed by atoms with Crippen molar-refractivity contribution in [3.05, 3.63) is 11.8 Å². The van der Waals surface area contributed by atoms with Crippen LogP contribution in [0.5, 0.6) is 0 Å². The third kappa shape index (κ3) is 1.29. The molecule has 10 heavy (non-hydrogen) atoms. The van der Waals surface area contributed by atoms with E-state index < -0.39 is 0 Å². The molecule has 1 atom stereocenters. The molecule has 0 aromatic rings. The molecule has 1 aliphatic heterocycles. The van der Waals surface area contributed by atoms with Gasteiger partial charge in [-0.05, 0) is 6.92 Å². The second kappa shape index (κ2) is 2.73. The van der Waals surface area contributed by atoms with Crippen LogP contribution in [0.1, 0.15) is 13.3 Å². The first-order chi connectivity index (χ1) is 4.74. The number of rotatable bonds is 1. The third-order valence-corrected chi connectivity index (χ3v) is 1.40. The molecule has 0 unspecified atom stereocenters. The molecule has 0 bridgehead atoms. The van der Waals surface area contributed by atoms with Gasteiger partial charge in [0.1, 0.15) is 0 Å². The van der Waals surface area contributed by atoms with Crippen molar-refractivity contribution in [1.29, 1.82) is 0 Å². The highest BCUT2D eigenvalue weighted by Gasteiger charge is 2.19. The average Bonchev–Trinajstić information content (AvgIpc) is 2.34. The topological polar surface area (TPSA) is 35.5 Å². The van der Waals surface area contributed by atoms with Crippen LogP contribution in [0.2, 0.25) is 0 Å². The summed E-state index contributed by atoms with van der Waals surface area (Å²) in [4.78, 5) is 10.8. The van der Waals surface area contributed by atoms with Crippen molar-refractivity contribution in [1.82, 2.24) is 0 Å². The van der Waals surface area contributed by atoms with Crippen LogP contribution in [0.3, 0.4) is 0 Å². The number of ether oxygens (including phenoxy) is 2. The molecule has 3 nitrogen and oxygen atoms in total. The first-order valence-electron chi connectivity index (χ1n) is 3.17. The van der Waals surface area contributed by atoms with E-state index in [4.69, 9.17) is 4.74 Å². The van der Waals surface area contributed by atoms with Gasteiger partial charge in [0.25, 0.3) is 0 Å². The van der Waals surface area contributed by atoms with E-state index in [-0.39, 0.29) is 12.1 Å². The van der Waals surface area contributed by atoms with Gasteiger partial charge in [-0.15, -0.1) is 0 Å². The van der Waals surface area contributed by atoms with E-state index in [1.165, 1.54) is 13.4 Å². The fraction of sp³-hybridized carbons (Fsp3) is 0.571. The van der Waals surface area contributed by atoms with E-state index in [2.05, 4.69) is 4.74 Å². The van der Waals surface area contributed by atoms with E-state index in [1.54, 1.807) is 0 Å². The molecule has 1 heterocycles. The molecular weight excluding hydrogens is 132 g/mol. The highest BCUT2D eigenvalue weighted by molar-refractivity contribution is 5.88. The molecule has 0 spiro atoms. The van der Waals surface area contributed by atoms with Gasteiger partial charge in [-0.3, -0.25) is 0 Å². The lowest BCUT2D eigenvalue weighted by molar-refractivity contribution is -0.136. The first-order valence-corrected chi connectivity index (χ1v) is 3.17. The number of methoxy groups -OCH3 is 1. The molecule has 0 aromatic heterocycles. The zero-order chi connectivity index (χ0) is 7.56. The molecule has 0 aromatic carbocycles. The van der Waals surface area contributed by atoms with Crippen LogP contribution in [-0.2, 0) is 14.3 Å². The van der Waals surface area contributed by atoms with Gasteiger partial charge in [-0.25, -0.2) is 4.79 Å². The van der Waals surface area contributed by atoms with Gasteiger partial charge >= 0.3 is 5.97 Å². The van der Waals surface area contributed by atoms with Crippen LogP contribution in [0.4, 0.5) is 0 Å². The van der Waals surface area contributed by atoms with E-state index in [9.17, 15) is 4.79 Å². The number of carbonyl (C=O) groups is 1. The predicted molar refractivity (Wildman–Crippen MR) is 35.3 cm³/mol. The maximum absolute atomic E-state index is 10.8. The van der Waals surface area contributed by atoms with Crippen molar-refractivity contribution >= 4 is 5.97 Å². The van der Waals surface area contributed by atoms with Gasteiger partial charge in [-0.1, -0.05) is 0 Å². The van der Waals surface area contributed by atoms with Crippen LogP contribution >= 0.6 is 0 Å². The van der Waals surface area contributed by atoms with Crippen molar-refractivity contribution in [3.63, 3.8) is 0 Å². The predicted octanol–water partition coefficient (Wildman–Crippen LogP) is 0.852. The molecule has 0 saturated heterocycles. The Balaban J connectivity index is 2.51. The average molecular weight is 142 g/mol. The van der Waals surface area contributed by atoms with Crippen LogP contribution in [0, 0.1) is 0 Å². The molecule has 0 radical (unpaired) electrons. The van der Waals surface area contributed by atoms with Crippen molar-refractivity contribution in [2.24, 2.45) is 0 Å². The molecule has 0 N–H and O–H groups in total. The zero-order valence-corrected chi connectivity index (χ0v) is 6.09. The number of carbonyl (C=O) groups excluding carboxylic acids is 1. The summed E-state index contributed by atoms with van der Waals surface area (Å²) in [6.45, 7) is 1.91. The Bertz CT molecular complexity index is 172. The van der Waals surface area contributed by atoms with Crippen LogP contribution in [0.15, 0.2) is 11.8 Å². The maximum Gasteiger partial charge on any atom is 0.336 e. The summed E-state index contributed by atoms with van der Waals surface area (Å²) in [5.41, 5.74) is 0.620. The van der Waals surface area contributed by atoms with Gasteiger partial charge in [0.15, 0.2) is 0 Å². The molecular formula is C7H10O3. The highest BCUT2D eigenvalue weighted by Crippen LogP contribution is 2.17. The maximum atomic E-state index is 10.8. The summed E-state index contributed by atoms with van der Waals surface area (Å²) < 4.78 is 9.52. The van der Waals surface area contributed by atoms with Gasteiger partial charge in [-0.2, -0.15) is 0 Å². The fourth-order valence-electron chi connectivity index (χ4n) is 0.867. The molecule has 56 valence electrons. The summed E-state index contributed by atoms with van der Waals surface area (Å²) in [5.74, 6) is -0.288. The number of esters is 1. The smallest absolute Gasteiger partial charge is 0.336 e. The third-order valence-electron chi connectivity index (χ3n) is 1.40. The summed E-state index contributed by atoms with van der Waals surface area (Å²) in [6, 6.07) is 0. The molecule has 1 aliphatic rings. The minimum Gasteiger partial charge on any atom is -0.497 e. The van der Waals surface area contributed by atoms with Crippen molar-refractivity contribution in [3.8, 4) is 0 Å². The Morgan fingerprint density at radius 3 is 3.00 bits per heavy atom. The van der Waals surface area contributed by atoms with Gasteiger partial charge in [0, 0.05) is 6.42 Å². The SMILES string of the molecule is COC(=O)C1=CO[C@H](C)C1. The van der Waals surface area contributed by atoms with Crippen LogP contribution < -0.4 is 0 Å². The fourth-order valence-corrected chi connectivity index (χ4v) is 0.867. The van der Waals surface area contributed by atoms with E-state index in [1.807, 2.05) is 6.92 Å². The van der Waals surface area contributed by atoms with E-state index >= 15 is 0 Å². The lowest BCUT2D eigenvalue weighted by Gasteiger charge is -1.99. The standard InChI is InChI=1S/C7H10O3/c1-5-3-6(4-10-5)7(8)9-2/h4-5H,3H2,1-2H3/t5-/m1/s1. The lowest BCUT2D eigenvalue weighted by Crippen LogP contribution is -2.05. The molecule has 0 amide bonds. The van der Waals surface area contributed by atoms with Gasteiger partial charge in [0.05, 0.1) is 25.0 Å². The number of hydrogen-bond donors (Lipinski definition) is 0. The van der Waals surface area contributed by atoms with Crippen molar-refractivity contribution in [2.75, 3.05) is 7.11 Å². The van der Waals surface area contributed by atoms with Crippen LogP contribution in [-0.4, -0.2) is 19.2 Å². The zero-order valence-electron chi connectivity index (χ0n) is 6.09. The molecule has 3 heteroatoms. The summed E-state index contributed by atoms with van der Waals surface area (Å²) >= 11 is 0. The van der Waals surface area contributed by atoms with Crippen molar-refractivity contribution in [2.45, 2.75) is 19.4 Å². The number of hydrogen-bond acceptors (Lipinski definition) is 3. The monoisotopic (exact) mass is 142 g/mol. The second-order valence-electron chi connectivity index (χ2n) is 2.29. The normalized spacial score (nSPS) is 23.4. The highest BCUT2D eigenvalue weighted by atomic mass is 16.5. The lowest BCUT2D eigenvalue weighted by atomic mass is 10.2. The summed E-state index contributed by atoms with van der Waals surface area (Å²) in [5, 5.41) is 0. The minimum atomic E-state index is -0.288. The van der Waals surface area contributed by atoms with Crippen molar-refractivity contribution < 1.29 is 14.3 Å². The molecule has 0 aliphatic carbocycles. The van der Waals surface area contributed by atoms with E-state index in [0.29, 0.717) is 12.0 Å². The Morgan fingerprint density at radius 1 is 1.90 bits per heavy atom. The second-order valence-corrected chi connectivity index (χ2v) is 2.29. The molecule has 0 fully saturated rings. The van der Waals surface area contributed by atoms with Gasteiger partial charge < -0.3 is 9.47 Å². The Hall–Kier alpha value is -0.990. The Kier molecular flexibility index (Phi) is 1.94. The van der Waals surface area contributed by atoms with Gasteiger partial charge in [0.2, 0.25) is 0 Å². The molecule has 0 saturated carbocycles. The first kappa shape index (κ1) is 7.12. The summed E-state index contributed by atoms with van der Waals surface area (Å²) in [7, 11) is 1.37. The largest absolute Gasteiger partial charge is 0.497 e. The molecule has 1 rings (SSSR count). The minimum absolute atomic E-state index is 0.120. The Labute approximate surface area is 59.6 Å². The quantitative estimate of drug-likeness (QED) is 0.509. The van der Waals surface area contributed by atoms with E-state index in [0.717, 1.165) is 0 Å².